The molecule has 0 radical (unpaired) electrons. The number of phenols is 1. The molecule has 2 N–H and O–H groups in total. The Bertz CT molecular complexity index is 724. The van der Waals surface area contributed by atoms with E-state index < -0.39 is 10.0 Å². The number of hydrogen-bond donors (Lipinski definition) is 2. The van der Waals surface area contributed by atoms with Crippen LogP contribution in [0.15, 0.2) is 47.4 Å². The monoisotopic (exact) mass is 291 g/mol. The van der Waals surface area contributed by atoms with Gasteiger partial charge >= 0.3 is 0 Å². The standard InChI is InChI=1S/C15H17NO3S/c1-11-7-8-15(12(2)9-11)20(18,19)16-10-13-5-3-4-6-14(13)17/h3-9,16-17H,10H2,1-2H3. The van der Waals surface area contributed by atoms with Crippen LogP contribution in [0.1, 0.15) is 16.7 Å². The second-order valence-electron chi connectivity index (χ2n) is 4.72. The molecule has 0 saturated heterocycles. The fourth-order valence-corrected chi connectivity index (χ4v) is 3.24. The van der Waals surface area contributed by atoms with Crippen LogP contribution in [0, 0.1) is 13.8 Å². The van der Waals surface area contributed by atoms with Crippen LogP contribution >= 0.6 is 0 Å². The molecule has 0 atom stereocenters. The van der Waals surface area contributed by atoms with Gasteiger partial charge in [-0.05, 0) is 31.5 Å². The largest absolute Gasteiger partial charge is 0.508 e. The van der Waals surface area contributed by atoms with Crippen LogP contribution < -0.4 is 4.72 Å². The maximum absolute atomic E-state index is 12.3. The van der Waals surface area contributed by atoms with Gasteiger partial charge in [0.05, 0.1) is 4.90 Å². The first-order chi connectivity index (χ1) is 9.40. The molecule has 0 aliphatic carbocycles. The Hall–Kier alpha value is -1.85. The van der Waals surface area contributed by atoms with Gasteiger partial charge in [0.25, 0.3) is 0 Å². The van der Waals surface area contributed by atoms with Gasteiger partial charge in [0, 0.05) is 12.1 Å². The van der Waals surface area contributed by atoms with E-state index in [1.54, 1.807) is 37.3 Å². The Morgan fingerprint density at radius 3 is 2.45 bits per heavy atom. The minimum Gasteiger partial charge on any atom is -0.508 e. The first-order valence-corrected chi connectivity index (χ1v) is 7.72. The van der Waals surface area contributed by atoms with Crippen molar-refractivity contribution < 1.29 is 13.5 Å². The van der Waals surface area contributed by atoms with Crippen molar-refractivity contribution in [3.8, 4) is 5.75 Å². The molecule has 0 amide bonds. The van der Waals surface area contributed by atoms with Crippen molar-refractivity contribution in [2.24, 2.45) is 0 Å². The molecule has 0 heterocycles. The van der Waals surface area contributed by atoms with Crippen molar-refractivity contribution in [3.05, 3.63) is 59.2 Å². The minimum absolute atomic E-state index is 0.0579. The molecule has 4 nitrogen and oxygen atoms in total. The van der Waals surface area contributed by atoms with Gasteiger partial charge in [0.15, 0.2) is 0 Å². The molecule has 0 fully saturated rings. The van der Waals surface area contributed by atoms with E-state index in [-0.39, 0.29) is 17.2 Å². The van der Waals surface area contributed by atoms with Gasteiger partial charge in [-0.1, -0.05) is 35.9 Å². The van der Waals surface area contributed by atoms with E-state index in [0.717, 1.165) is 5.56 Å². The fraction of sp³-hybridized carbons (Fsp3) is 0.200. The highest BCUT2D eigenvalue weighted by Gasteiger charge is 2.16. The summed E-state index contributed by atoms with van der Waals surface area (Å²) in [5.74, 6) is 0.0795. The van der Waals surface area contributed by atoms with E-state index >= 15 is 0 Å². The summed E-state index contributed by atoms with van der Waals surface area (Å²) in [6.07, 6.45) is 0. The quantitative estimate of drug-likeness (QED) is 0.909. The van der Waals surface area contributed by atoms with Gasteiger partial charge in [0.1, 0.15) is 5.75 Å². The number of para-hydroxylation sites is 1. The second-order valence-corrected chi connectivity index (χ2v) is 6.46. The predicted molar refractivity (Wildman–Crippen MR) is 78.0 cm³/mol. The van der Waals surface area contributed by atoms with Crippen molar-refractivity contribution in [2.75, 3.05) is 0 Å². The van der Waals surface area contributed by atoms with Crippen LogP contribution in [0.5, 0.6) is 5.75 Å². The number of sulfonamides is 1. The van der Waals surface area contributed by atoms with Crippen LogP contribution in [0.25, 0.3) is 0 Å². The first-order valence-electron chi connectivity index (χ1n) is 6.24. The van der Waals surface area contributed by atoms with Gasteiger partial charge in [-0.3, -0.25) is 0 Å². The average molecular weight is 291 g/mol. The Morgan fingerprint density at radius 1 is 1.10 bits per heavy atom. The number of aryl methyl sites for hydroxylation is 2. The summed E-state index contributed by atoms with van der Waals surface area (Å²) in [6, 6.07) is 11.8. The smallest absolute Gasteiger partial charge is 0.241 e. The van der Waals surface area contributed by atoms with Crippen LogP contribution in [0.2, 0.25) is 0 Å². The topological polar surface area (TPSA) is 66.4 Å². The molecule has 0 aromatic heterocycles. The summed E-state index contributed by atoms with van der Waals surface area (Å²) < 4.78 is 27.0. The highest BCUT2D eigenvalue weighted by molar-refractivity contribution is 7.89. The Balaban J connectivity index is 2.22. The third kappa shape index (κ3) is 3.18. The van der Waals surface area contributed by atoms with E-state index in [4.69, 9.17) is 0 Å². The zero-order valence-corrected chi connectivity index (χ0v) is 12.2. The molecule has 106 valence electrons. The number of nitrogens with one attached hydrogen (secondary N) is 1. The van der Waals surface area contributed by atoms with Crippen molar-refractivity contribution in [2.45, 2.75) is 25.3 Å². The first kappa shape index (κ1) is 14.6. The zero-order chi connectivity index (χ0) is 14.8. The molecule has 0 bridgehead atoms. The molecule has 5 heteroatoms. The SMILES string of the molecule is Cc1ccc(S(=O)(=O)NCc2ccccc2O)c(C)c1. The Kier molecular flexibility index (Phi) is 4.11. The highest BCUT2D eigenvalue weighted by Crippen LogP contribution is 2.19. The van der Waals surface area contributed by atoms with Crippen LogP contribution in [-0.2, 0) is 16.6 Å². The lowest BCUT2D eigenvalue weighted by Crippen LogP contribution is -2.24. The highest BCUT2D eigenvalue weighted by atomic mass is 32.2. The summed E-state index contributed by atoms with van der Waals surface area (Å²) in [5.41, 5.74) is 2.26. The van der Waals surface area contributed by atoms with Gasteiger partial charge in [0.2, 0.25) is 10.0 Å². The van der Waals surface area contributed by atoms with Crippen molar-refractivity contribution in [1.29, 1.82) is 0 Å². The van der Waals surface area contributed by atoms with E-state index in [2.05, 4.69) is 4.72 Å². The summed E-state index contributed by atoms with van der Waals surface area (Å²) in [4.78, 5) is 0.263. The molecule has 2 rings (SSSR count). The molecule has 20 heavy (non-hydrogen) atoms. The van der Waals surface area contributed by atoms with E-state index in [0.29, 0.717) is 11.1 Å². The lowest BCUT2D eigenvalue weighted by atomic mass is 10.2. The molecule has 0 saturated carbocycles. The van der Waals surface area contributed by atoms with Crippen LogP contribution in [0.4, 0.5) is 0 Å². The van der Waals surface area contributed by atoms with Crippen LogP contribution in [-0.4, -0.2) is 13.5 Å². The Labute approximate surface area is 119 Å². The summed E-state index contributed by atoms with van der Waals surface area (Å²) in [7, 11) is -3.58. The molecule has 0 spiro atoms. The molecule has 0 aliphatic rings. The van der Waals surface area contributed by atoms with Crippen molar-refractivity contribution in [3.63, 3.8) is 0 Å². The maximum atomic E-state index is 12.3. The normalized spacial score (nSPS) is 11.5. The number of phenolic OH excluding ortho intramolecular Hbond substituents is 1. The van der Waals surface area contributed by atoms with Crippen LogP contribution in [0.3, 0.4) is 0 Å². The third-order valence-corrected chi connectivity index (χ3v) is 4.63. The molecule has 2 aromatic carbocycles. The van der Waals surface area contributed by atoms with E-state index in [1.807, 2.05) is 13.0 Å². The number of benzene rings is 2. The Morgan fingerprint density at radius 2 is 1.80 bits per heavy atom. The number of rotatable bonds is 4. The second kappa shape index (κ2) is 5.64. The van der Waals surface area contributed by atoms with Gasteiger partial charge < -0.3 is 5.11 Å². The molecule has 0 unspecified atom stereocenters. The lowest BCUT2D eigenvalue weighted by molar-refractivity contribution is 0.467. The number of aromatic hydroxyl groups is 1. The van der Waals surface area contributed by atoms with E-state index in [9.17, 15) is 13.5 Å². The van der Waals surface area contributed by atoms with Crippen molar-refractivity contribution >= 4 is 10.0 Å². The fourth-order valence-electron chi connectivity index (χ4n) is 2.01. The third-order valence-electron chi connectivity index (χ3n) is 3.06. The molecular weight excluding hydrogens is 274 g/mol. The molecular formula is C15H17NO3S. The lowest BCUT2D eigenvalue weighted by Gasteiger charge is -2.10. The van der Waals surface area contributed by atoms with Gasteiger partial charge in [-0.25, -0.2) is 13.1 Å². The molecule has 0 aliphatic heterocycles. The summed E-state index contributed by atoms with van der Waals surface area (Å²) in [6.45, 7) is 3.74. The van der Waals surface area contributed by atoms with Crippen molar-refractivity contribution in [1.82, 2.24) is 4.72 Å². The van der Waals surface area contributed by atoms with Gasteiger partial charge in [-0.2, -0.15) is 0 Å². The molecule has 2 aromatic rings. The number of hydrogen-bond acceptors (Lipinski definition) is 3. The zero-order valence-electron chi connectivity index (χ0n) is 11.4. The van der Waals surface area contributed by atoms with Gasteiger partial charge in [-0.15, -0.1) is 0 Å². The maximum Gasteiger partial charge on any atom is 0.241 e. The summed E-state index contributed by atoms with van der Waals surface area (Å²) in [5, 5.41) is 9.63. The average Bonchev–Trinajstić information content (AvgIpc) is 2.37. The summed E-state index contributed by atoms with van der Waals surface area (Å²) >= 11 is 0. The predicted octanol–water partition coefficient (Wildman–Crippen LogP) is 2.49. The minimum atomic E-state index is -3.58. The van der Waals surface area contributed by atoms with E-state index in [1.165, 1.54) is 6.07 Å².